The lowest BCUT2D eigenvalue weighted by Crippen LogP contribution is -2.01. The number of rotatable bonds is 3. The average molecular weight is 285 g/mol. The normalized spacial score (nSPS) is 12.7. The van der Waals surface area contributed by atoms with Crippen LogP contribution in [0.1, 0.15) is 17.2 Å². The van der Waals surface area contributed by atoms with E-state index in [0.717, 1.165) is 5.56 Å². The second-order valence-electron chi connectivity index (χ2n) is 3.49. The molecule has 0 fully saturated rings. The minimum absolute atomic E-state index is 0.322. The van der Waals surface area contributed by atoms with Crippen molar-refractivity contribution < 1.29 is 13.9 Å². The monoisotopic (exact) mass is 284 g/mol. The summed E-state index contributed by atoms with van der Waals surface area (Å²) in [5.41, 5.74) is 1.42. The van der Waals surface area contributed by atoms with Gasteiger partial charge in [0.15, 0.2) is 0 Å². The number of benzene rings is 1. The predicted octanol–water partition coefficient (Wildman–Crippen LogP) is 3.46. The molecule has 2 rings (SSSR count). The molecule has 0 radical (unpaired) electrons. The fourth-order valence-corrected chi connectivity index (χ4v) is 1.92. The van der Waals surface area contributed by atoms with E-state index in [1.165, 1.54) is 18.6 Å². The van der Waals surface area contributed by atoms with E-state index in [0.29, 0.717) is 16.5 Å². The van der Waals surface area contributed by atoms with Crippen molar-refractivity contribution in [1.82, 2.24) is 0 Å². The zero-order valence-electron chi connectivity index (χ0n) is 8.36. The van der Waals surface area contributed by atoms with Gasteiger partial charge in [0.05, 0.1) is 23.1 Å². The SMILES string of the molecule is OC(Cc1cccc(F)c1Br)c1ccoc1. The third kappa shape index (κ3) is 2.33. The Kier molecular flexibility index (Phi) is 3.41. The van der Waals surface area contributed by atoms with E-state index in [9.17, 15) is 9.50 Å². The molecule has 0 saturated carbocycles. The van der Waals surface area contributed by atoms with E-state index in [-0.39, 0.29) is 5.82 Å². The van der Waals surface area contributed by atoms with Crippen LogP contribution in [-0.4, -0.2) is 5.11 Å². The van der Waals surface area contributed by atoms with Crippen LogP contribution in [0, 0.1) is 5.82 Å². The molecule has 0 spiro atoms. The Balaban J connectivity index is 2.18. The molecule has 1 heterocycles. The summed E-state index contributed by atoms with van der Waals surface area (Å²) in [5, 5.41) is 9.87. The van der Waals surface area contributed by atoms with Crippen LogP contribution < -0.4 is 0 Å². The Morgan fingerprint density at radius 2 is 2.19 bits per heavy atom. The maximum absolute atomic E-state index is 13.2. The lowest BCUT2D eigenvalue weighted by molar-refractivity contribution is 0.177. The Bertz CT molecular complexity index is 468. The number of aliphatic hydroxyl groups is 1. The molecule has 1 aromatic heterocycles. The van der Waals surface area contributed by atoms with Gasteiger partial charge in [0, 0.05) is 12.0 Å². The number of aliphatic hydroxyl groups excluding tert-OH is 1. The van der Waals surface area contributed by atoms with Gasteiger partial charge in [-0.2, -0.15) is 0 Å². The van der Waals surface area contributed by atoms with Gasteiger partial charge in [-0.1, -0.05) is 12.1 Å². The highest BCUT2D eigenvalue weighted by Gasteiger charge is 2.13. The van der Waals surface area contributed by atoms with Crippen LogP contribution in [0.4, 0.5) is 4.39 Å². The van der Waals surface area contributed by atoms with Gasteiger partial charge in [-0.15, -0.1) is 0 Å². The van der Waals surface area contributed by atoms with E-state index >= 15 is 0 Å². The molecular weight excluding hydrogens is 275 g/mol. The van der Waals surface area contributed by atoms with E-state index in [4.69, 9.17) is 4.42 Å². The zero-order chi connectivity index (χ0) is 11.5. The Labute approximate surface area is 101 Å². The fraction of sp³-hybridized carbons (Fsp3) is 0.167. The summed E-state index contributed by atoms with van der Waals surface area (Å²) in [4.78, 5) is 0. The van der Waals surface area contributed by atoms with Crippen molar-refractivity contribution in [3.05, 3.63) is 58.2 Å². The van der Waals surface area contributed by atoms with Crippen LogP contribution in [0.3, 0.4) is 0 Å². The standard InChI is InChI=1S/C12H10BrFO2/c13-12-8(2-1-3-10(12)14)6-11(15)9-4-5-16-7-9/h1-5,7,11,15H,6H2. The zero-order valence-corrected chi connectivity index (χ0v) is 9.95. The molecule has 0 saturated heterocycles. The van der Waals surface area contributed by atoms with Crippen molar-refractivity contribution in [2.24, 2.45) is 0 Å². The average Bonchev–Trinajstić information content (AvgIpc) is 2.78. The highest BCUT2D eigenvalue weighted by molar-refractivity contribution is 9.10. The first-order valence-electron chi connectivity index (χ1n) is 4.81. The molecule has 1 unspecified atom stereocenters. The summed E-state index contributed by atoms with van der Waals surface area (Å²) in [7, 11) is 0. The molecule has 16 heavy (non-hydrogen) atoms. The second-order valence-corrected chi connectivity index (χ2v) is 4.28. The smallest absolute Gasteiger partial charge is 0.137 e. The minimum Gasteiger partial charge on any atom is -0.472 e. The van der Waals surface area contributed by atoms with Gasteiger partial charge in [0.2, 0.25) is 0 Å². The van der Waals surface area contributed by atoms with Crippen LogP contribution in [0.25, 0.3) is 0 Å². The molecule has 84 valence electrons. The van der Waals surface area contributed by atoms with Crippen molar-refractivity contribution in [3.63, 3.8) is 0 Å². The highest BCUT2D eigenvalue weighted by Crippen LogP contribution is 2.26. The highest BCUT2D eigenvalue weighted by atomic mass is 79.9. The van der Waals surface area contributed by atoms with E-state index in [2.05, 4.69) is 15.9 Å². The van der Waals surface area contributed by atoms with Gasteiger partial charge in [0.25, 0.3) is 0 Å². The van der Waals surface area contributed by atoms with Crippen molar-refractivity contribution in [2.45, 2.75) is 12.5 Å². The maximum atomic E-state index is 13.2. The predicted molar refractivity (Wildman–Crippen MR) is 61.5 cm³/mol. The number of furan rings is 1. The number of hydrogen-bond donors (Lipinski definition) is 1. The second kappa shape index (κ2) is 4.80. The summed E-state index contributed by atoms with van der Waals surface area (Å²) in [5.74, 6) is -0.322. The Morgan fingerprint density at radius 3 is 2.88 bits per heavy atom. The first-order valence-corrected chi connectivity index (χ1v) is 5.61. The molecule has 0 amide bonds. The van der Waals surface area contributed by atoms with Crippen molar-refractivity contribution >= 4 is 15.9 Å². The molecule has 0 aliphatic carbocycles. The minimum atomic E-state index is -0.683. The lowest BCUT2D eigenvalue weighted by atomic mass is 10.0. The van der Waals surface area contributed by atoms with Crippen LogP contribution in [0.5, 0.6) is 0 Å². The van der Waals surface area contributed by atoms with Gasteiger partial charge in [-0.3, -0.25) is 0 Å². The van der Waals surface area contributed by atoms with E-state index in [1.807, 2.05) is 0 Å². The molecule has 0 aliphatic heterocycles. The van der Waals surface area contributed by atoms with Gasteiger partial charge in [-0.25, -0.2) is 4.39 Å². The first kappa shape index (κ1) is 11.4. The third-order valence-corrected chi connectivity index (χ3v) is 3.26. The fourth-order valence-electron chi connectivity index (χ4n) is 1.50. The molecule has 2 nitrogen and oxygen atoms in total. The number of hydrogen-bond acceptors (Lipinski definition) is 2. The van der Waals surface area contributed by atoms with Gasteiger partial charge >= 0.3 is 0 Å². The summed E-state index contributed by atoms with van der Waals surface area (Å²) in [6.45, 7) is 0. The molecule has 0 aliphatic rings. The Hall–Kier alpha value is -1.13. The van der Waals surface area contributed by atoms with Gasteiger partial charge in [-0.05, 0) is 33.6 Å². The summed E-state index contributed by atoms with van der Waals surface area (Å²) < 4.78 is 18.5. The number of halogens is 2. The first-order chi connectivity index (χ1) is 7.68. The molecule has 1 N–H and O–H groups in total. The molecule has 1 aromatic carbocycles. The summed E-state index contributed by atoms with van der Waals surface area (Å²) >= 11 is 3.16. The maximum Gasteiger partial charge on any atom is 0.137 e. The van der Waals surface area contributed by atoms with E-state index < -0.39 is 6.10 Å². The lowest BCUT2D eigenvalue weighted by Gasteiger charge is -2.10. The third-order valence-electron chi connectivity index (χ3n) is 2.37. The molecule has 4 heteroatoms. The Morgan fingerprint density at radius 1 is 1.38 bits per heavy atom. The quantitative estimate of drug-likeness (QED) is 0.937. The van der Waals surface area contributed by atoms with Gasteiger partial charge < -0.3 is 9.52 Å². The molecule has 0 bridgehead atoms. The summed E-state index contributed by atoms with van der Waals surface area (Å²) in [6.07, 6.45) is 2.64. The van der Waals surface area contributed by atoms with Crippen LogP contribution in [0.15, 0.2) is 45.7 Å². The molecule has 2 aromatic rings. The van der Waals surface area contributed by atoms with E-state index in [1.54, 1.807) is 18.2 Å². The largest absolute Gasteiger partial charge is 0.472 e. The molecule has 1 atom stereocenters. The van der Waals surface area contributed by atoms with Crippen LogP contribution >= 0.6 is 15.9 Å². The van der Waals surface area contributed by atoms with Crippen molar-refractivity contribution in [1.29, 1.82) is 0 Å². The van der Waals surface area contributed by atoms with Crippen molar-refractivity contribution in [3.8, 4) is 0 Å². The topological polar surface area (TPSA) is 33.4 Å². The van der Waals surface area contributed by atoms with Crippen LogP contribution in [-0.2, 0) is 6.42 Å². The molecular formula is C12H10BrFO2. The van der Waals surface area contributed by atoms with Gasteiger partial charge in [0.1, 0.15) is 5.82 Å². The summed E-state index contributed by atoms with van der Waals surface area (Å²) in [6, 6.07) is 6.46. The van der Waals surface area contributed by atoms with Crippen molar-refractivity contribution in [2.75, 3.05) is 0 Å². The van der Waals surface area contributed by atoms with Crippen LogP contribution in [0.2, 0.25) is 0 Å².